The second kappa shape index (κ2) is 10.8. The van der Waals surface area contributed by atoms with Gasteiger partial charge in [0.15, 0.2) is 0 Å². The molecule has 2 aromatic heterocycles. The van der Waals surface area contributed by atoms with Crippen molar-refractivity contribution < 1.29 is 9.18 Å². The fraction of sp³-hybridized carbons (Fsp3) is 0.111. The molecule has 0 radical (unpaired) electrons. The first-order valence-corrected chi connectivity index (χ1v) is 10.8. The first-order valence-electron chi connectivity index (χ1n) is 10.8. The number of pyridine rings is 2. The number of nitrogens with zero attached hydrogens (tertiary/aromatic N) is 3. The molecule has 0 saturated carbocycles. The van der Waals surface area contributed by atoms with Gasteiger partial charge in [0, 0.05) is 37.2 Å². The molecule has 0 aliphatic carbocycles. The highest BCUT2D eigenvalue weighted by molar-refractivity contribution is 6.00. The van der Waals surface area contributed by atoms with E-state index < -0.39 is 0 Å². The third-order valence-electron chi connectivity index (χ3n) is 5.27. The lowest BCUT2D eigenvalue weighted by Gasteiger charge is -2.14. The maximum atomic E-state index is 13.5. The number of nitrogens with one attached hydrogen (secondary N) is 2. The summed E-state index contributed by atoms with van der Waals surface area (Å²) in [7, 11) is 0. The molecule has 0 aliphatic heterocycles. The van der Waals surface area contributed by atoms with E-state index in [0.717, 1.165) is 11.1 Å². The van der Waals surface area contributed by atoms with Crippen LogP contribution in [0.3, 0.4) is 0 Å². The first-order chi connectivity index (χ1) is 16.6. The Morgan fingerprint density at radius 3 is 2.65 bits per heavy atom. The van der Waals surface area contributed by atoms with Gasteiger partial charge >= 0.3 is 0 Å². The highest BCUT2D eigenvalue weighted by Gasteiger charge is 2.15. The van der Waals surface area contributed by atoms with Crippen LogP contribution in [0.2, 0.25) is 0 Å². The lowest BCUT2D eigenvalue weighted by Crippen LogP contribution is -2.24. The molecule has 6 nitrogen and oxygen atoms in total. The maximum Gasteiger partial charge on any atom is 0.255 e. The summed E-state index contributed by atoms with van der Waals surface area (Å²) in [5, 5.41) is 15.6. The van der Waals surface area contributed by atoms with Crippen LogP contribution in [-0.2, 0) is 13.0 Å². The summed E-state index contributed by atoms with van der Waals surface area (Å²) < 4.78 is 13.5. The fourth-order valence-electron chi connectivity index (χ4n) is 3.55. The second-order valence-electron chi connectivity index (χ2n) is 7.62. The van der Waals surface area contributed by atoms with E-state index in [1.165, 1.54) is 18.3 Å². The number of rotatable bonds is 8. The highest BCUT2D eigenvalue weighted by atomic mass is 19.1. The van der Waals surface area contributed by atoms with Crippen LogP contribution in [0.1, 0.15) is 27.0 Å². The van der Waals surface area contributed by atoms with Crippen LogP contribution in [0.25, 0.3) is 11.3 Å². The Kier molecular flexibility index (Phi) is 7.21. The molecular formula is C27H22FN5O. The van der Waals surface area contributed by atoms with Gasteiger partial charge < -0.3 is 10.6 Å². The van der Waals surface area contributed by atoms with Crippen LogP contribution in [0.5, 0.6) is 0 Å². The average molecular weight is 452 g/mol. The van der Waals surface area contributed by atoms with E-state index in [1.54, 1.807) is 36.7 Å². The number of hydrogen-bond acceptors (Lipinski definition) is 5. The van der Waals surface area contributed by atoms with E-state index in [4.69, 9.17) is 0 Å². The monoisotopic (exact) mass is 451 g/mol. The third kappa shape index (κ3) is 5.61. The molecule has 2 aromatic carbocycles. The van der Waals surface area contributed by atoms with Crippen molar-refractivity contribution in [3.05, 3.63) is 113 Å². The summed E-state index contributed by atoms with van der Waals surface area (Å²) >= 11 is 0. The average Bonchev–Trinajstić information content (AvgIpc) is 2.88. The second-order valence-corrected chi connectivity index (χ2v) is 7.62. The van der Waals surface area contributed by atoms with Gasteiger partial charge in [0.25, 0.3) is 5.91 Å². The molecule has 168 valence electrons. The molecule has 2 N–H and O–H groups in total. The van der Waals surface area contributed by atoms with Gasteiger partial charge in [0.05, 0.1) is 28.6 Å². The van der Waals surface area contributed by atoms with Crippen molar-refractivity contribution in [3.8, 4) is 17.3 Å². The fourth-order valence-corrected chi connectivity index (χ4v) is 3.55. The van der Waals surface area contributed by atoms with Gasteiger partial charge in [-0.2, -0.15) is 5.26 Å². The summed E-state index contributed by atoms with van der Waals surface area (Å²) in [5.74, 6) is -0.572. The maximum absolute atomic E-state index is 13.5. The minimum atomic E-state index is -0.287. The summed E-state index contributed by atoms with van der Waals surface area (Å²) in [5.41, 5.74) is 4.44. The SMILES string of the molecule is N#Cc1ccccc1-c1cc(NCCc2cccc(F)c2)c(C(=O)NCc2cccnc2)cn1. The normalized spacial score (nSPS) is 10.4. The van der Waals surface area contributed by atoms with Gasteiger partial charge in [-0.3, -0.25) is 14.8 Å². The number of carbonyl (C=O) groups is 1. The topological polar surface area (TPSA) is 90.7 Å². The quantitative estimate of drug-likeness (QED) is 0.404. The van der Waals surface area contributed by atoms with Crippen LogP contribution in [-0.4, -0.2) is 22.4 Å². The molecule has 7 heteroatoms. The Balaban J connectivity index is 1.58. The summed E-state index contributed by atoms with van der Waals surface area (Å²) in [6, 6.07) is 21.2. The summed E-state index contributed by atoms with van der Waals surface area (Å²) in [6.07, 6.45) is 5.44. The molecule has 0 atom stereocenters. The Bertz CT molecular complexity index is 1330. The number of benzene rings is 2. The van der Waals surface area contributed by atoms with E-state index in [-0.39, 0.29) is 11.7 Å². The van der Waals surface area contributed by atoms with Crippen molar-refractivity contribution >= 4 is 11.6 Å². The van der Waals surface area contributed by atoms with Crippen LogP contribution >= 0.6 is 0 Å². The van der Waals surface area contributed by atoms with Gasteiger partial charge in [-0.15, -0.1) is 0 Å². The molecule has 0 saturated heterocycles. The van der Waals surface area contributed by atoms with E-state index in [9.17, 15) is 14.4 Å². The van der Waals surface area contributed by atoms with Gasteiger partial charge in [-0.05, 0) is 47.9 Å². The van der Waals surface area contributed by atoms with Crippen molar-refractivity contribution in [3.63, 3.8) is 0 Å². The zero-order chi connectivity index (χ0) is 23.8. The number of amides is 1. The van der Waals surface area contributed by atoms with Gasteiger partial charge in [0.2, 0.25) is 0 Å². The van der Waals surface area contributed by atoms with E-state index in [0.29, 0.717) is 47.6 Å². The van der Waals surface area contributed by atoms with Gasteiger partial charge in [-0.25, -0.2) is 4.39 Å². The van der Waals surface area contributed by atoms with Crippen molar-refractivity contribution in [2.24, 2.45) is 0 Å². The molecule has 4 aromatic rings. The number of halogens is 1. The third-order valence-corrected chi connectivity index (χ3v) is 5.27. The number of hydrogen-bond donors (Lipinski definition) is 2. The van der Waals surface area contributed by atoms with Crippen molar-refractivity contribution in [2.75, 3.05) is 11.9 Å². The Morgan fingerprint density at radius 2 is 1.85 bits per heavy atom. The standard InChI is InChI=1S/C27H22FN5O/c28-22-8-3-5-19(13-22)10-12-31-26-14-25(23-9-2-1-7-21(23)15-29)32-18-24(26)27(34)33-17-20-6-4-11-30-16-20/h1-9,11,13-14,16,18H,10,12,17H2,(H,31,32)(H,33,34). The molecule has 2 heterocycles. The molecule has 34 heavy (non-hydrogen) atoms. The number of aromatic nitrogens is 2. The van der Waals surface area contributed by atoms with Gasteiger partial charge in [-0.1, -0.05) is 36.4 Å². The molecule has 0 fully saturated rings. The van der Waals surface area contributed by atoms with Crippen LogP contribution in [0.4, 0.5) is 10.1 Å². The van der Waals surface area contributed by atoms with Gasteiger partial charge in [0.1, 0.15) is 5.82 Å². The zero-order valence-corrected chi connectivity index (χ0v) is 18.3. The van der Waals surface area contributed by atoms with E-state index in [2.05, 4.69) is 26.7 Å². The van der Waals surface area contributed by atoms with Crippen molar-refractivity contribution in [1.29, 1.82) is 5.26 Å². The summed E-state index contributed by atoms with van der Waals surface area (Å²) in [4.78, 5) is 21.5. The smallest absolute Gasteiger partial charge is 0.255 e. The molecule has 0 spiro atoms. The lowest BCUT2D eigenvalue weighted by atomic mass is 10.0. The predicted octanol–water partition coefficient (Wildman–Crippen LogP) is 4.74. The van der Waals surface area contributed by atoms with Crippen LogP contribution in [0.15, 0.2) is 85.3 Å². The summed E-state index contributed by atoms with van der Waals surface area (Å²) in [6.45, 7) is 0.810. The zero-order valence-electron chi connectivity index (χ0n) is 18.3. The molecule has 4 rings (SSSR count). The Hall–Kier alpha value is -4.57. The molecule has 0 unspecified atom stereocenters. The van der Waals surface area contributed by atoms with Crippen molar-refractivity contribution in [1.82, 2.24) is 15.3 Å². The minimum Gasteiger partial charge on any atom is -0.384 e. The van der Waals surface area contributed by atoms with Crippen LogP contribution in [0, 0.1) is 17.1 Å². The van der Waals surface area contributed by atoms with Crippen molar-refractivity contribution in [2.45, 2.75) is 13.0 Å². The molecule has 0 aliphatic rings. The predicted molar refractivity (Wildman–Crippen MR) is 128 cm³/mol. The highest BCUT2D eigenvalue weighted by Crippen LogP contribution is 2.26. The minimum absolute atomic E-state index is 0.285. The molecule has 0 bridgehead atoms. The number of carbonyl (C=O) groups excluding carboxylic acids is 1. The number of anilines is 1. The largest absolute Gasteiger partial charge is 0.384 e. The Labute approximate surface area is 197 Å². The Morgan fingerprint density at radius 1 is 1.00 bits per heavy atom. The molecular weight excluding hydrogens is 429 g/mol. The number of nitriles is 1. The molecule has 1 amide bonds. The van der Waals surface area contributed by atoms with E-state index in [1.807, 2.05) is 30.3 Å². The lowest BCUT2D eigenvalue weighted by molar-refractivity contribution is 0.0951. The van der Waals surface area contributed by atoms with E-state index >= 15 is 0 Å². The van der Waals surface area contributed by atoms with Crippen LogP contribution < -0.4 is 10.6 Å². The first kappa shape index (κ1) is 22.6.